The molecule has 0 radical (unpaired) electrons. The Kier molecular flexibility index (Phi) is 3.94. The molecule has 1 aliphatic carbocycles. The van der Waals surface area contributed by atoms with Crippen molar-refractivity contribution >= 4 is 5.78 Å². The summed E-state index contributed by atoms with van der Waals surface area (Å²) >= 11 is 0. The van der Waals surface area contributed by atoms with Crippen LogP contribution in [0.2, 0.25) is 0 Å². The van der Waals surface area contributed by atoms with E-state index in [0.29, 0.717) is 5.78 Å². The van der Waals surface area contributed by atoms with Gasteiger partial charge in [0.1, 0.15) is 0 Å². The summed E-state index contributed by atoms with van der Waals surface area (Å²) in [4.78, 5) is 11.6. The van der Waals surface area contributed by atoms with Crippen LogP contribution in [0.15, 0.2) is 23.3 Å². The van der Waals surface area contributed by atoms with Gasteiger partial charge in [0.25, 0.3) is 0 Å². The molecule has 13 heavy (non-hydrogen) atoms. The molecule has 0 fully saturated rings. The fraction of sp³-hybridized carbons (Fsp3) is 0.583. The van der Waals surface area contributed by atoms with Crippen molar-refractivity contribution in [1.29, 1.82) is 0 Å². The van der Waals surface area contributed by atoms with Crippen LogP contribution in [-0.2, 0) is 4.79 Å². The standard InChI is InChI=1S/C12H18O/c1-3-11-8-6-4-5-7-9-12(13)10(11)2/h6,8H,3-5,7,9H2,1-2H3. The number of carbonyl (C=O) groups is 1. The third kappa shape index (κ3) is 2.83. The summed E-state index contributed by atoms with van der Waals surface area (Å²) in [5.41, 5.74) is 2.19. The first-order chi connectivity index (χ1) is 6.25. The third-order valence-electron chi connectivity index (χ3n) is 2.62. The zero-order valence-corrected chi connectivity index (χ0v) is 8.60. The van der Waals surface area contributed by atoms with E-state index < -0.39 is 0 Å². The van der Waals surface area contributed by atoms with Crippen molar-refractivity contribution < 1.29 is 4.79 Å². The number of allylic oxidation sites excluding steroid dienone is 4. The highest BCUT2D eigenvalue weighted by atomic mass is 16.1. The van der Waals surface area contributed by atoms with Gasteiger partial charge in [0.2, 0.25) is 0 Å². The second-order valence-corrected chi connectivity index (χ2v) is 3.58. The van der Waals surface area contributed by atoms with Crippen LogP contribution < -0.4 is 0 Å². The van der Waals surface area contributed by atoms with Crippen LogP contribution in [0.5, 0.6) is 0 Å². The van der Waals surface area contributed by atoms with E-state index in [-0.39, 0.29) is 0 Å². The van der Waals surface area contributed by atoms with E-state index in [2.05, 4.69) is 19.1 Å². The highest BCUT2D eigenvalue weighted by molar-refractivity contribution is 5.95. The average molecular weight is 178 g/mol. The van der Waals surface area contributed by atoms with E-state index >= 15 is 0 Å². The molecule has 0 unspecified atom stereocenters. The molecule has 1 heteroatoms. The highest BCUT2D eigenvalue weighted by Gasteiger charge is 2.08. The van der Waals surface area contributed by atoms with Gasteiger partial charge in [-0.05, 0) is 43.8 Å². The first-order valence-corrected chi connectivity index (χ1v) is 5.15. The van der Waals surface area contributed by atoms with Crippen LogP contribution in [0.1, 0.15) is 46.0 Å². The van der Waals surface area contributed by atoms with Gasteiger partial charge in [0.05, 0.1) is 0 Å². The predicted molar refractivity (Wildman–Crippen MR) is 55.6 cm³/mol. The number of rotatable bonds is 1. The molecule has 0 spiro atoms. The van der Waals surface area contributed by atoms with E-state index in [9.17, 15) is 4.79 Å². The van der Waals surface area contributed by atoms with E-state index in [1.165, 1.54) is 5.57 Å². The molecule has 1 aliphatic rings. The molecule has 0 aromatic carbocycles. The van der Waals surface area contributed by atoms with Crippen molar-refractivity contribution in [3.8, 4) is 0 Å². The Labute approximate surface area is 80.5 Å². The molecule has 0 amide bonds. The monoisotopic (exact) mass is 178 g/mol. The zero-order chi connectivity index (χ0) is 9.68. The van der Waals surface area contributed by atoms with E-state index in [1.54, 1.807) is 0 Å². The summed E-state index contributed by atoms with van der Waals surface area (Å²) in [5.74, 6) is 0.336. The smallest absolute Gasteiger partial charge is 0.158 e. The van der Waals surface area contributed by atoms with Gasteiger partial charge in [-0.15, -0.1) is 0 Å². The van der Waals surface area contributed by atoms with Crippen LogP contribution in [0, 0.1) is 0 Å². The Morgan fingerprint density at radius 2 is 2.15 bits per heavy atom. The first-order valence-electron chi connectivity index (χ1n) is 5.15. The number of hydrogen-bond donors (Lipinski definition) is 0. The summed E-state index contributed by atoms with van der Waals surface area (Å²) in [6.45, 7) is 4.06. The molecule has 0 atom stereocenters. The normalized spacial score (nSPS) is 19.7. The van der Waals surface area contributed by atoms with Gasteiger partial charge < -0.3 is 0 Å². The fourth-order valence-corrected chi connectivity index (χ4v) is 1.65. The molecule has 0 aromatic rings. The zero-order valence-electron chi connectivity index (χ0n) is 8.60. The van der Waals surface area contributed by atoms with E-state index in [4.69, 9.17) is 0 Å². The summed E-state index contributed by atoms with van der Waals surface area (Å²) < 4.78 is 0. The maximum Gasteiger partial charge on any atom is 0.158 e. The molecule has 0 bridgehead atoms. The average Bonchev–Trinajstić information content (AvgIpc) is 2.21. The largest absolute Gasteiger partial charge is 0.295 e. The fourth-order valence-electron chi connectivity index (χ4n) is 1.65. The SMILES string of the molecule is CCC1=C(C)C(=O)CCCCC=C1. The molecule has 0 saturated heterocycles. The molecule has 0 aromatic heterocycles. The lowest BCUT2D eigenvalue weighted by atomic mass is 10.0. The van der Waals surface area contributed by atoms with Crippen LogP contribution in [0.25, 0.3) is 0 Å². The predicted octanol–water partition coefficient (Wildman–Crippen LogP) is 3.41. The highest BCUT2D eigenvalue weighted by Crippen LogP contribution is 2.17. The summed E-state index contributed by atoms with van der Waals surface area (Å²) in [5, 5.41) is 0. The molecule has 0 heterocycles. The molecule has 72 valence electrons. The van der Waals surface area contributed by atoms with Crippen molar-refractivity contribution in [2.75, 3.05) is 0 Å². The summed E-state index contributed by atoms with van der Waals surface area (Å²) in [6, 6.07) is 0. The number of carbonyl (C=O) groups excluding carboxylic acids is 1. The molecule has 0 aliphatic heterocycles. The van der Waals surface area contributed by atoms with Crippen molar-refractivity contribution in [2.45, 2.75) is 46.0 Å². The van der Waals surface area contributed by atoms with Gasteiger partial charge in [0, 0.05) is 6.42 Å². The number of Topliss-reactive ketones (excluding diaryl/α,β-unsaturated/α-hetero) is 1. The van der Waals surface area contributed by atoms with Gasteiger partial charge in [-0.25, -0.2) is 0 Å². The molecule has 1 nitrogen and oxygen atoms in total. The van der Waals surface area contributed by atoms with Crippen molar-refractivity contribution in [2.24, 2.45) is 0 Å². The van der Waals surface area contributed by atoms with Gasteiger partial charge >= 0.3 is 0 Å². The maximum atomic E-state index is 11.6. The molecule has 0 N–H and O–H groups in total. The van der Waals surface area contributed by atoms with Crippen LogP contribution >= 0.6 is 0 Å². The minimum absolute atomic E-state index is 0.336. The lowest BCUT2D eigenvalue weighted by Crippen LogP contribution is -2.01. The Morgan fingerprint density at radius 1 is 1.38 bits per heavy atom. The summed E-state index contributed by atoms with van der Waals surface area (Å²) in [7, 11) is 0. The molecular weight excluding hydrogens is 160 g/mol. The Balaban J connectivity index is 2.88. The lowest BCUT2D eigenvalue weighted by molar-refractivity contribution is -0.115. The maximum absolute atomic E-state index is 11.6. The molecular formula is C12H18O. The van der Waals surface area contributed by atoms with Gasteiger partial charge in [-0.2, -0.15) is 0 Å². The van der Waals surface area contributed by atoms with Gasteiger partial charge in [0.15, 0.2) is 5.78 Å². The molecule has 0 saturated carbocycles. The first kappa shape index (κ1) is 10.2. The number of ketones is 1. The topological polar surface area (TPSA) is 17.1 Å². The molecule has 1 rings (SSSR count). The Hall–Kier alpha value is -0.850. The summed E-state index contributed by atoms with van der Waals surface area (Å²) in [6.07, 6.45) is 9.32. The minimum atomic E-state index is 0.336. The van der Waals surface area contributed by atoms with Crippen molar-refractivity contribution in [1.82, 2.24) is 0 Å². The van der Waals surface area contributed by atoms with Crippen LogP contribution in [-0.4, -0.2) is 5.78 Å². The third-order valence-corrected chi connectivity index (χ3v) is 2.62. The Bertz CT molecular complexity index is 246. The van der Waals surface area contributed by atoms with Crippen LogP contribution in [0.4, 0.5) is 0 Å². The quantitative estimate of drug-likeness (QED) is 0.601. The van der Waals surface area contributed by atoms with E-state index in [0.717, 1.165) is 37.7 Å². The second-order valence-electron chi connectivity index (χ2n) is 3.58. The Morgan fingerprint density at radius 3 is 2.85 bits per heavy atom. The van der Waals surface area contributed by atoms with Crippen molar-refractivity contribution in [3.63, 3.8) is 0 Å². The number of hydrogen-bond acceptors (Lipinski definition) is 1. The van der Waals surface area contributed by atoms with E-state index in [1.807, 2.05) is 6.92 Å². The van der Waals surface area contributed by atoms with Crippen LogP contribution in [0.3, 0.4) is 0 Å². The second kappa shape index (κ2) is 5.00. The van der Waals surface area contributed by atoms with Gasteiger partial charge in [-0.3, -0.25) is 4.79 Å². The minimum Gasteiger partial charge on any atom is -0.295 e. The van der Waals surface area contributed by atoms with Crippen molar-refractivity contribution in [3.05, 3.63) is 23.3 Å². The van der Waals surface area contributed by atoms with Gasteiger partial charge in [-0.1, -0.05) is 19.1 Å². The lowest BCUT2D eigenvalue weighted by Gasteiger charge is -2.03.